The highest BCUT2D eigenvalue weighted by atomic mass is 31.2. The molecule has 0 heterocycles. The lowest BCUT2D eigenvalue weighted by Crippen LogP contribution is -2.37. The van der Waals surface area contributed by atoms with Crippen LogP contribution >= 0.6 is 7.82 Å². The van der Waals surface area contributed by atoms with Gasteiger partial charge in [0.05, 0.1) is 27.7 Å². The molecule has 0 radical (unpaired) electrons. The van der Waals surface area contributed by atoms with Crippen LogP contribution in [0.15, 0.2) is 12.2 Å². The summed E-state index contributed by atoms with van der Waals surface area (Å²) in [5.74, 6) is -0.845. The molecule has 0 aromatic heterocycles. The molecule has 272 valence electrons. The standard InChI is InChI=1S/C36H70NO8P/c1-6-8-10-12-14-16-18-20-22-24-26-28-35(38)42-32-34(33-44-46(40,41)43-31-30-37(3,4)5)45-36(39)29-27-25-23-21-19-17-15-13-11-9-7-2/h12,14,34H,6-11,13,15-33H2,1-5H3/b14-12+/t34-/m1/s1. The number of likely N-dealkylation sites (N-methyl/N-ethyl adjacent to an activating group) is 1. The minimum absolute atomic E-state index is 0.0295. The second kappa shape index (κ2) is 29.9. The van der Waals surface area contributed by atoms with Gasteiger partial charge < -0.3 is 27.9 Å². The molecule has 0 aromatic rings. The Morgan fingerprint density at radius 3 is 1.67 bits per heavy atom. The molecule has 46 heavy (non-hydrogen) atoms. The molecule has 0 N–H and O–H groups in total. The summed E-state index contributed by atoms with van der Waals surface area (Å²) in [6.07, 6.45) is 26.7. The number of carbonyl (C=O) groups is 2. The van der Waals surface area contributed by atoms with Gasteiger partial charge in [0.1, 0.15) is 19.8 Å². The highest BCUT2D eigenvalue weighted by Crippen LogP contribution is 2.38. The zero-order chi connectivity index (χ0) is 34.4. The van der Waals surface area contributed by atoms with Gasteiger partial charge in [0.2, 0.25) is 0 Å². The van der Waals surface area contributed by atoms with Gasteiger partial charge in [0.25, 0.3) is 7.82 Å². The monoisotopic (exact) mass is 675 g/mol. The molecule has 0 spiro atoms. The van der Waals surface area contributed by atoms with Crippen LogP contribution < -0.4 is 4.89 Å². The van der Waals surface area contributed by atoms with Gasteiger partial charge in [-0.3, -0.25) is 14.2 Å². The van der Waals surface area contributed by atoms with E-state index in [1.165, 1.54) is 64.2 Å². The van der Waals surface area contributed by atoms with Gasteiger partial charge in [-0.1, -0.05) is 122 Å². The Morgan fingerprint density at radius 1 is 0.652 bits per heavy atom. The van der Waals surface area contributed by atoms with E-state index < -0.39 is 32.5 Å². The number of hydrogen-bond donors (Lipinski definition) is 0. The average molecular weight is 676 g/mol. The zero-order valence-electron chi connectivity index (χ0n) is 30.3. The number of nitrogens with zero attached hydrogens (tertiary/aromatic N) is 1. The maximum atomic E-state index is 12.5. The van der Waals surface area contributed by atoms with Crippen molar-refractivity contribution in [2.75, 3.05) is 47.5 Å². The number of esters is 2. The van der Waals surface area contributed by atoms with E-state index in [9.17, 15) is 19.0 Å². The fraction of sp³-hybridized carbons (Fsp3) is 0.889. The Kier molecular flexibility index (Phi) is 29.0. The van der Waals surface area contributed by atoms with Gasteiger partial charge in [0.15, 0.2) is 6.10 Å². The minimum Gasteiger partial charge on any atom is -0.756 e. The lowest BCUT2D eigenvalue weighted by atomic mass is 10.1. The van der Waals surface area contributed by atoms with E-state index in [1.807, 2.05) is 21.1 Å². The molecule has 9 nitrogen and oxygen atoms in total. The Hall–Kier alpha value is -1.25. The lowest BCUT2D eigenvalue weighted by Gasteiger charge is -2.28. The summed E-state index contributed by atoms with van der Waals surface area (Å²) in [6, 6.07) is 0. The predicted octanol–water partition coefficient (Wildman–Crippen LogP) is 8.83. The van der Waals surface area contributed by atoms with Gasteiger partial charge in [0, 0.05) is 12.8 Å². The fourth-order valence-electron chi connectivity index (χ4n) is 4.81. The lowest BCUT2D eigenvalue weighted by molar-refractivity contribution is -0.870. The van der Waals surface area contributed by atoms with Crippen molar-refractivity contribution >= 4 is 19.8 Å². The van der Waals surface area contributed by atoms with Crippen molar-refractivity contribution in [2.45, 2.75) is 161 Å². The van der Waals surface area contributed by atoms with Crippen molar-refractivity contribution in [3.05, 3.63) is 12.2 Å². The van der Waals surface area contributed by atoms with Gasteiger partial charge in [-0.05, 0) is 32.1 Å². The Morgan fingerprint density at radius 2 is 1.13 bits per heavy atom. The van der Waals surface area contributed by atoms with E-state index in [0.717, 1.165) is 57.8 Å². The number of unbranched alkanes of at least 4 members (excludes halogenated alkanes) is 17. The summed E-state index contributed by atoms with van der Waals surface area (Å²) in [5.41, 5.74) is 0. The molecule has 0 aromatic carbocycles. The van der Waals surface area contributed by atoms with E-state index in [-0.39, 0.29) is 26.1 Å². The first-order chi connectivity index (χ1) is 22.0. The number of phosphoric ester groups is 1. The van der Waals surface area contributed by atoms with Crippen molar-refractivity contribution in [1.29, 1.82) is 0 Å². The summed E-state index contributed by atoms with van der Waals surface area (Å²) in [5, 5.41) is 0. The van der Waals surface area contributed by atoms with Gasteiger partial charge in [-0.2, -0.15) is 0 Å². The molecule has 10 heteroatoms. The van der Waals surface area contributed by atoms with Crippen molar-refractivity contribution in [2.24, 2.45) is 0 Å². The number of rotatable bonds is 33. The summed E-state index contributed by atoms with van der Waals surface area (Å²) >= 11 is 0. The quantitative estimate of drug-likeness (QED) is 0.0223. The van der Waals surface area contributed by atoms with Crippen LogP contribution in [-0.4, -0.2) is 70.0 Å². The first-order valence-corrected chi connectivity index (χ1v) is 19.9. The van der Waals surface area contributed by atoms with E-state index in [2.05, 4.69) is 26.0 Å². The predicted molar refractivity (Wildman–Crippen MR) is 185 cm³/mol. The summed E-state index contributed by atoms with van der Waals surface area (Å²) in [7, 11) is 1.16. The van der Waals surface area contributed by atoms with Gasteiger partial charge in [-0.25, -0.2) is 0 Å². The molecule has 0 bridgehead atoms. The first kappa shape index (κ1) is 44.8. The molecule has 0 aliphatic carbocycles. The van der Waals surface area contributed by atoms with Gasteiger partial charge >= 0.3 is 11.9 Å². The maximum absolute atomic E-state index is 12.5. The van der Waals surface area contributed by atoms with Gasteiger partial charge in [-0.15, -0.1) is 0 Å². The Bertz CT molecular complexity index is 814. The van der Waals surface area contributed by atoms with Crippen LogP contribution in [0.4, 0.5) is 0 Å². The van der Waals surface area contributed by atoms with Crippen LogP contribution in [0, 0.1) is 0 Å². The highest BCUT2D eigenvalue weighted by Gasteiger charge is 2.21. The van der Waals surface area contributed by atoms with Crippen LogP contribution in [0.25, 0.3) is 0 Å². The van der Waals surface area contributed by atoms with E-state index >= 15 is 0 Å². The molecule has 0 aliphatic rings. The van der Waals surface area contributed by atoms with E-state index in [4.69, 9.17) is 18.5 Å². The molecule has 0 fully saturated rings. The molecule has 0 saturated carbocycles. The molecule has 0 aliphatic heterocycles. The molecular weight excluding hydrogens is 605 g/mol. The van der Waals surface area contributed by atoms with Crippen LogP contribution in [0.5, 0.6) is 0 Å². The van der Waals surface area contributed by atoms with Crippen LogP contribution in [0.2, 0.25) is 0 Å². The molecule has 0 rings (SSSR count). The topological polar surface area (TPSA) is 111 Å². The number of quaternary nitrogens is 1. The first-order valence-electron chi connectivity index (χ1n) is 18.4. The fourth-order valence-corrected chi connectivity index (χ4v) is 5.54. The molecule has 2 atom stereocenters. The second-order valence-electron chi connectivity index (χ2n) is 13.6. The summed E-state index contributed by atoms with van der Waals surface area (Å²) in [4.78, 5) is 37.2. The van der Waals surface area contributed by atoms with Crippen molar-refractivity contribution < 1.29 is 42.1 Å². The normalized spacial score (nSPS) is 14.0. The van der Waals surface area contributed by atoms with Crippen molar-refractivity contribution in [3.63, 3.8) is 0 Å². The SMILES string of the molecule is CCCC/C=C/CCCCCCCC(=O)OC[C@H](COP(=O)([O-])OCC[N+](C)(C)C)OC(=O)CCCCCCCCCCCCC. The van der Waals surface area contributed by atoms with Crippen molar-refractivity contribution in [3.8, 4) is 0 Å². The highest BCUT2D eigenvalue weighted by molar-refractivity contribution is 7.45. The van der Waals surface area contributed by atoms with E-state index in [1.54, 1.807) is 0 Å². The third-order valence-corrected chi connectivity index (χ3v) is 8.75. The largest absolute Gasteiger partial charge is 0.756 e. The summed E-state index contributed by atoms with van der Waals surface area (Å²) in [6.45, 7) is 4.15. The van der Waals surface area contributed by atoms with Crippen LogP contribution in [0.1, 0.15) is 155 Å². The number of ether oxygens (including phenoxy) is 2. The number of allylic oxidation sites excluding steroid dienone is 2. The maximum Gasteiger partial charge on any atom is 0.306 e. The average Bonchev–Trinajstić information content (AvgIpc) is 2.99. The van der Waals surface area contributed by atoms with Crippen LogP contribution in [0.3, 0.4) is 0 Å². The third kappa shape index (κ3) is 32.7. The van der Waals surface area contributed by atoms with E-state index in [0.29, 0.717) is 17.4 Å². The Balaban J connectivity index is 4.47. The molecule has 1 unspecified atom stereocenters. The zero-order valence-corrected chi connectivity index (χ0v) is 31.2. The smallest absolute Gasteiger partial charge is 0.306 e. The molecule has 0 saturated heterocycles. The van der Waals surface area contributed by atoms with Crippen molar-refractivity contribution in [1.82, 2.24) is 0 Å². The number of carbonyl (C=O) groups excluding carboxylic acids is 2. The van der Waals surface area contributed by atoms with Crippen LogP contribution in [-0.2, 0) is 32.7 Å². The number of hydrogen-bond acceptors (Lipinski definition) is 8. The molecular formula is C36H70NO8P. The second-order valence-corrected chi connectivity index (χ2v) is 15.0. The number of phosphoric acid groups is 1. The Labute approximate surface area is 282 Å². The molecule has 0 amide bonds. The summed E-state index contributed by atoms with van der Waals surface area (Å²) < 4.78 is 33.7. The third-order valence-electron chi connectivity index (χ3n) is 7.79. The minimum atomic E-state index is -4.61.